The van der Waals surface area contributed by atoms with Gasteiger partial charge in [0, 0.05) is 12.1 Å². The van der Waals surface area contributed by atoms with E-state index in [1.807, 2.05) is 0 Å². The molecule has 0 aromatic rings. The van der Waals surface area contributed by atoms with Gasteiger partial charge in [-0.15, -0.1) is 0 Å². The van der Waals surface area contributed by atoms with Crippen LogP contribution in [0.15, 0.2) is 0 Å². The monoisotopic (exact) mass is 242 g/mol. The normalized spacial score (nSPS) is 32.1. The van der Waals surface area contributed by atoms with Crippen molar-refractivity contribution in [2.75, 3.05) is 33.3 Å². The Hall–Kier alpha value is -0.160. The van der Waals surface area contributed by atoms with Gasteiger partial charge < -0.3 is 9.47 Å². The second kappa shape index (κ2) is 5.65. The Morgan fingerprint density at radius 3 is 1.65 bits per heavy atom. The molecule has 2 heterocycles. The number of nitrogens with zero attached hydrogens (tertiary/aromatic N) is 2. The lowest BCUT2D eigenvalue weighted by Gasteiger charge is -2.32. The predicted molar refractivity (Wildman–Crippen MR) is 67.4 cm³/mol. The highest BCUT2D eigenvalue weighted by Gasteiger charge is 2.34. The summed E-state index contributed by atoms with van der Waals surface area (Å²) < 4.78 is 11.2. The molecule has 0 unspecified atom stereocenters. The molecular weight excluding hydrogens is 216 g/mol. The van der Waals surface area contributed by atoms with Gasteiger partial charge in [-0.05, 0) is 11.8 Å². The number of ether oxygens (including phenoxy) is 2. The molecule has 0 N–H and O–H groups in total. The van der Waals surface area contributed by atoms with Gasteiger partial charge in [0.2, 0.25) is 0 Å². The van der Waals surface area contributed by atoms with E-state index in [0.717, 1.165) is 33.3 Å². The van der Waals surface area contributed by atoms with E-state index in [1.165, 1.54) is 0 Å². The zero-order valence-electron chi connectivity index (χ0n) is 11.6. The standard InChI is InChI=1S/C13H26N2O2/c1-10(2)12-5-16-8-14(12)7-15-9-17-6-13(15)11(3)4/h10-13H,5-9H2,1-4H3/t12-,13-/m1/s1. The predicted octanol–water partition coefficient (Wildman–Crippen LogP) is 1.57. The van der Waals surface area contributed by atoms with Gasteiger partial charge in [-0.2, -0.15) is 0 Å². The summed E-state index contributed by atoms with van der Waals surface area (Å²) in [5.74, 6) is 1.30. The first-order chi connectivity index (χ1) is 8.09. The van der Waals surface area contributed by atoms with E-state index < -0.39 is 0 Å². The van der Waals surface area contributed by atoms with Crippen LogP contribution in [0.1, 0.15) is 27.7 Å². The van der Waals surface area contributed by atoms with Gasteiger partial charge in [-0.3, -0.25) is 9.80 Å². The molecule has 0 aromatic carbocycles. The van der Waals surface area contributed by atoms with Gasteiger partial charge >= 0.3 is 0 Å². The van der Waals surface area contributed by atoms with E-state index in [-0.39, 0.29) is 0 Å². The second-order valence-electron chi connectivity index (χ2n) is 5.94. The van der Waals surface area contributed by atoms with Crippen LogP contribution in [-0.2, 0) is 9.47 Å². The Balaban J connectivity index is 1.91. The fourth-order valence-corrected chi connectivity index (χ4v) is 2.74. The lowest BCUT2D eigenvalue weighted by atomic mass is 10.0. The van der Waals surface area contributed by atoms with Crippen molar-refractivity contribution >= 4 is 0 Å². The first kappa shape index (κ1) is 13.3. The van der Waals surface area contributed by atoms with Crippen molar-refractivity contribution in [3.63, 3.8) is 0 Å². The molecule has 2 aliphatic rings. The van der Waals surface area contributed by atoms with Crippen LogP contribution in [0.3, 0.4) is 0 Å². The average Bonchev–Trinajstić information content (AvgIpc) is 2.86. The molecule has 4 nitrogen and oxygen atoms in total. The Morgan fingerprint density at radius 2 is 1.29 bits per heavy atom. The minimum atomic E-state index is 0.559. The van der Waals surface area contributed by atoms with Crippen LogP contribution in [-0.4, -0.2) is 55.2 Å². The van der Waals surface area contributed by atoms with Crippen molar-refractivity contribution in [1.82, 2.24) is 9.80 Å². The summed E-state index contributed by atoms with van der Waals surface area (Å²) in [4.78, 5) is 4.88. The number of hydrogen-bond donors (Lipinski definition) is 0. The van der Waals surface area contributed by atoms with Crippen molar-refractivity contribution in [2.24, 2.45) is 11.8 Å². The number of rotatable bonds is 4. The largest absolute Gasteiger partial charge is 0.364 e. The van der Waals surface area contributed by atoms with Crippen LogP contribution in [0, 0.1) is 11.8 Å². The smallest absolute Gasteiger partial charge is 0.100 e. The van der Waals surface area contributed by atoms with Gasteiger partial charge in [0.05, 0.1) is 19.9 Å². The van der Waals surface area contributed by atoms with Crippen molar-refractivity contribution in [3.8, 4) is 0 Å². The summed E-state index contributed by atoms with van der Waals surface area (Å²) in [6, 6.07) is 1.12. The summed E-state index contributed by atoms with van der Waals surface area (Å²) in [6.07, 6.45) is 0. The van der Waals surface area contributed by atoms with Crippen LogP contribution < -0.4 is 0 Å². The summed E-state index contributed by atoms with van der Waals surface area (Å²) in [6.45, 7) is 13.3. The highest BCUT2D eigenvalue weighted by molar-refractivity contribution is 4.82. The van der Waals surface area contributed by atoms with Crippen LogP contribution in [0.4, 0.5) is 0 Å². The molecule has 0 bridgehead atoms. The molecule has 17 heavy (non-hydrogen) atoms. The molecule has 0 spiro atoms. The molecule has 0 saturated carbocycles. The first-order valence-electron chi connectivity index (χ1n) is 6.73. The second-order valence-corrected chi connectivity index (χ2v) is 5.94. The minimum Gasteiger partial charge on any atom is -0.364 e. The van der Waals surface area contributed by atoms with Crippen LogP contribution in [0.25, 0.3) is 0 Å². The zero-order valence-corrected chi connectivity index (χ0v) is 11.6. The van der Waals surface area contributed by atoms with Gasteiger partial charge in [0.1, 0.15) is 13.5 Å². The van der Waals surface area contributed by atoms with Crippen LogP contribution in [0.2, 0.25) is 0 Å². The van der Waals surface area contributed by atoms with E-state index in [9.17, 15) is 0 Å². The topological polar surface area (TPSA) is 24.9 Å². The van der Waals surface area contributed by atoms with Crippen molar-refractivity contribution in [1.29, 1.82) is 0 Å². The highest BCUT2D eigenvalue weighted by atomic mass is 16.5. The summed E-state index contributed by atoms with van der Waals surface area (Å²) >= 11 is 0. The van der Waals surface area contributed by atoms with Gasteiger partial charge in [-0.25, -0.2) is 0 Å². The molecule has 0 aliphatic carbocycles. The quantitative estimate of drug-likeness (QED) is 0.747. The number of hydrogen-bond acceptors (Lipinski definition) is 4. The Labute approximate surface area is 105 Å². The zero-order chi connectivity index (χ0) is 12.4. The summed E-state index contributed by atoms with van der Waals surface area (Å²) in [5.41, 5.74) is 0. The fraction of sp³-hybridized carbons (Fsp3) is 1.00. The van der Waals surface area contributed by atoms with Crippen LogP contribution >= 0.6 is 0 Å². The lowest BCUT2D eigenvalue weighted by Crippen LogP contribution is -2.46. The van der Waals surface area contributed by atoms with Crippen LogP contribution in [0.5, 0.6) is 0 Å². The van der Waals surface area contributed by atoms with Gasteiger partial charge in [0.15, 0.2) is 0 Å². The molecule has 4 heteroatoms. The average molecular weight is 242 g/mol. The first-order valence-corrected chi connectivity index (χ1v) is 6.73. The molecule has 0 aromatic heterocycles. The van der Waals surface area contributed by atoms with Crippen molar-refractivity contribution in [2.45, 2.75) is 39.8 Å². The minimum absolute atomic E-state index is 0.559. The SMILES string of the molecule is CC(C)[C@H]1COCN1CN1COC[C@@H]1C(C)C. The van der Waals surface area contributed by atoms with E-state index in [0.29, 0.717) is 23.9 Å². The van der Waals surface area contributed by atoms with E-state index in [4.69, 9.17) is 9.47 Å². The molecule has 2 aliphatic heterocycles. The maximum atomic E-state index is 5.60. The molecular formula is C13H26N2O2. The highest BCUT2D eigenvalue weighted by Crippen LogP contribution is 2.22. The fourth-order valence-electron chi connectivity index (χ4n) is 2.74. The van der Waals surface area contributed by atoms with E-state index in [2.05, 4.69) is 37.5 Å². The molecule has 2 fully saturated rings. The molecule has 2 rings (SSSR count). The molecule has 2 saturated heterocycles. The Kier molecular flexibility index (Phi) is 4.42. The molecule has 0 radical (unpaired) electrons. The van der Waals surface area contributed by atoms with E-state index in [1.54, 1.807) is 0 Å². The van der Waals surface area contributed by atoms with Crippen molar-refractivity contribution < 1.29 is 9.47 Å². The molecule has 100 valence electrons. The Morgan fingerprint density at radius 1 is 0.882 bits per heavy atom. The third-order valence-electron chi connectivity index (χ3n) is 3.93. The maximum absolute atomic E-state index is 5.60. The summed E-state index contributed by atoms with van der Waals surface area (Å²) in [5, 5.41) is 0. The van der Waals surface area contributed by atoms with Gasteiger partial charge in [0.25, 0.3) is 0 Å². The molecule has 0 amide bonds. The maximum Gasteiger partial charge on any atom is 0.100 e. The third-order valence-corrected chi connectivity index (χ3v) is 3.93. The third kappa shape index (κ3) is 2.99. The Bertz CT molecular complexity index is 222. The van der Waals surface area contributed by atoms with Gasteiger partial charge in [-0.1, -0.05) is 27.7 Å². The summed E-state index contributed by atoms with van der Waals surface area (Å²) in [7, 11) is 0. The van der Waals surface area contributed by atoms with E-state index >= 15 is 0 Å². The molecule has 2 atom stereocenters. The lowest BCUT2D eigenvalue weighted by molar-refractivity contribution is 0.0418. The van der Waals surface area contributed by atoms with Crippen molar-refractivity contribution in [3.05, 3.63) is 0 Å².